The second-order valence-corrected chi connectivity index (χ2v) is 11.9. The highest BCUT2D eigenvalue weighted by Gasteiger charge is 2.66. The second kappa shape index (κ2) is 11.5. The van der Waals surface area contributed by atoms with E-state index in [1.54, 1.807) is 29.4 Å². The molecule has 12 nitrogen and oxygen atoms in total. The zero-order valence-corrected chi connectivity index (χ0v) is 24.7. The maximum atomic E-state index is 14.0. The number of carbonyl (C=O) groups is 4. The Morgan fingerprint density at radius 3 is 2.70 bits per heavy atom. The highest BCUT2D eigenvalue weighted by molar-refractivity contribution is 6.06. The molecule has 1 N–H and O–H groups in total. The highest BCUT2D eigenvalue weighted by atomic mass is 16.5. The lowest BCUT2D eigenvalue weighted by Crippen LogP contribution is -2.44. The maximum Gasteiger partial charge on any atom is 0.321 e. The van der Waals surface area contributed by atoms with Gasteiger partial charge in [0.25, 0.3) is 0 Å². The van der Waals surface area contributed by atoms with Gasteiger partial charge in [0.05, 0.1) is 18.2 Å². The Morgan fingerprint density at radius 2 is 1.95 bits per heavy atom. The summed E-state index contributed by atoms with van der Waals surface area (Å²) in [6, 6.07) is 2.99. The van der Waals surface area contributed by atoms with Crippen molar-refractivity contribution in [2.24, 2.45) is 5.41 Å². The van der Waals surface area contributed by atoms with Gasteiger partial charge in [0.15, 0.2) is 11.6 Å². The minimum Gasteiger partial charge on any atom is -0.424 e. The minimum atomic E-state index is -0.499. The number of ether oxygens (including phenoxy) is 2. The van der Waals surface area contributed by atoms with Gasteiger partial charge in [0, 0.05) is 67.7 Å². The molecular weight excluding hydrogens is 552 g/mol. The van der Waals surface area contributed by atoms with Crippen LogP contribution in [0.2, 0.25) is 0 Å². The topological polar surface area (TPSA) is 146 Å². The Bertz CT molecular complexity index is 1600. The zero-order valence-electron chi connectivity index (χ0n) is 24.7. The number of rotatable bonds is 5. The third-order valence-electron chi connectivity index (χ3n) is 8.72. The fourth-order valence-electron chi connectivity index (χ4n) is 6.45. The lowest BCUT2D eigenvalue weighted by atomic mass is 9.97. The molecule has 1 aromatic carbocycles. The number of Topliss-reactive ketones (excluding diaryl/α,β-unsaturated/α-hetero) is 2. The van der Waals surface area contributed by atoms with Crippen LogP contribution in [0.3, 0.4) is 0 Å². The first-order valence-corrected chi connectivity index (χ1v) is 14.9. The Morgan fingerprint density at radius 1 is 1.16 bits per heavy atom. The summed E-state index contributed by atoms with van der Waals surface area (Å²) in [7, 11) is 0. The summed E-state index contributed by atoms with van der Waals surface area (Å²) in [6.07, 6.45) is 6.73. The summed E-state index contributed by atoms with van der Waals surface area (Å²) in [4.78, 5) is 62.7. The molecule has 4 heterocycles. The third kappa shape index (κ3) is 5.63. The van der Waals surface area contributed by atoms with Crippen LogP contribution < -0.4 is 10.1 Å². The van der Waals surface area contributed by atoms with Gasteiger partial charge in [0.1, 0.15) is 18.0 Å². The first-order valence-electron chi connectivity index (χ1n) is 14.9. The SMILES string of the molecule is CCC(=O)[C@@H]1C[C@]23COCCCCC(=O)NCc4cc(Oc5ncc(C)cn5)cc5c(C(C)=O)nn(c45)CC(=O)N1[C@@H]2C3. The Labute approximate surface area is 249 Å². The molecule has 3 aromatic rings. The van der Waals surface area contributed by atoms with Gasteiger partial charge in [-0.25, -0.2) is 9.97 Å². The van der Waals surface area contributed by atoms with Gasteiger partial charge in [-0.15, -0.1) is 0 Å². The van der Waals surface area contributed by atoms with Crippen LogP contribution in [0.25, 0.3) is 10.9 Å². The van der Waals surface area contributed by atoms with Gasteiger partial charge >= 0.3 is 6.01 Å². The summed E-state index contributed by atoms with van der Waals surface area (Å²) in [6.45, 7) is 6.07. The zero-order chi connectivity index (χ0) is 30.3. The number of carbonyl (C=O) groups excluding carboxylic acids is 4. The van der Waals surface area contributed by atoms with Crippen LogP contribution in [0.1, 0.15) is 74.0 Å². The lowest BCUT2D eigenvalue weighted by molar-refractivity contribution is -0.139. The van der Waals surface area contributed by atoms with Crippen molar-refractivity contribution in [2.45, 2.75) is 84.5 Å². The van der Waals surface area contributed by atoms with Crippen LogP contribution in [0, 0.1) is 12.3 Å². The van der Waals surface area contributed by atoms with Gasteiger partial charge in [-0.2, -0.15) is 5.10 Å². The van der Waals surface area contributed by atoms with Crippen molar-refractivity contribution in [1.82, 2.24) is 30.0 Å². The van der Waals surface area contributed by atoms with Crippen molar-refractivity contribution in [1.29, 1.82) is 0 Å². The molecule has 1 aliphatic carbocycles. The van der Waals surface area contributed by atoms with Gasteiger partial charge < -0.3 is 19.7 Å². The Balaban J connectivity index is 1.42. The van der Waals surface area contributed by atoms with Crippen molar-refractivity contribution in [3.8, 4) is 11.8 Å². The molecule has 3 aliphatic rings. The third-order valence-corrected chi connectivity index (χ3v) is 8.72. The number of amides is 2. The molecule has 2 fully saturated rings. The van der Waals surface area contributed by atoms with Crippen molar-refractivity contribution in [3.05, 3.63) is 41.3 Å². The number of benzene rings is 1. The number of hydrogen-bond acceptors (Lipinski definition) is 9. The van der Waals surface area contributed by atoms with E-state index >= 15 is 0 Å². The molecule has 1 saturated carbocycles. The average molecular weight is 589 g/mol. The summed E-state index contributed by atoms with van der Waals surface area (Å²) in [5, 5.41) is 8.04. The van der Waals surface area contributed by atoms with Crippen LogP contribution in [-0.4, -0.2) is 73.3 Å². The predicted molar refractivity (Wildman–Crippen MR) is 154 cm³/mol. The smallest absolute Gasteiger partial charge is 0.321 e. The molecule has 0 spiro atoms. The number of aryl methyl sites for hydroxylation is 1. The van der Waals surface area contributed by atoms with Crippen molar-refractivity contribution < 1.29 is 28.7 Å². The molecule has 2 aliphatic heterocycles. The first kappa shape index (κ1) is 28.9. The van der Waals surface area contributed by atoms with Crippen LogP contribution >= 0.6 is 0 Å². The van der Waals surface area contributed by atoms with Gasteiger partial charge in [-0.05, 0) is 50.3 Å². The molecule has 226 valence electrons. The summed E-state index contributed by atoms with van der Waals surface area (Å²) in [5.74, 6) is -0.231. The summed E-state index contributed by atoms with van der Waals surface area (Å²) >= 11 is 0. The van der Waals surface area contributed by atoms with E-state index in [1.807, 2.05) is 13.8 Å². The molecule has 0 unspecified atom stereocenters. The fourth-order valence-corrected chi connectivity index (χ4v) is 6.45. The van der Waals surface area contributed by atoms with Crippen molar-refractivity contribution >= 4 is 34.3 Å². The molecule has 2 aromatic heterocycles. The fraction of sp³-hybridized carbons (Fsp3) is 0.516. The number of piperidine rings is 1. The first-order chi connectivity index (χ1) is 20.7. The molecule has 43 heavy (non-hydrogen) atoms. The molecule has 2 bridgehead atoms. The van der Waals surface area contributed by atoms with Crippen LogP contribution in [-0.2, 0) is 32.2 Å². The lowest BCUT2D eigenvalue weighted by Gasteiger charge is -2.26. The van der Waals surface area contributed by atoms with Crippen LogP contribution in [0.15, 0.2) is 24.5 Å². The van der Waals surface area contributed by atoms with Gasteiger partial charge in [-0.3, -0.25) is 23.9 Å². The molecule has 12 heteroatoms. The Kier molecular flexibility index (Phi) is 7.72. The van der Waals surface area contributed by atoms with E-state index in [0.29, 0.717) is 61.1 Å². The number of aromatic nitrogens is 4. The normalized spacial score (nSPS) is 24.3. The van der Waals surface area contributed by atoms with Crippen LogP contribution in [0.5, 0.6) is 11.8 Å². The van der Waals surface area contributed by atoms with Crippen LogP contribution in [0.4, 0.5) is 0 Å². The maximum absolute atomic E-state index is 14.0. The van der Waals surface area contributed by atoms with Gasteiger partial charge in [0.2, 0.25) is 11.8 Å². The largest absolute Gasteiger partial charge is 0.424 e. The summed E-state index contributed by atoms with van der Waals surface area (Å²) in [5.41, 5.74) is 2.00. The van der Waals surface area contributed by atoms with E-state index in [0.717, 1.165) is 18.4 Å². The monoisotopic (exact) mass is 588 g/mol. The molecule has 3 atom stereocenters. The second-order valence-electron chi connectivity index (χ2n) is 11.9. The number of hydrogen-bond donors (Lipinski definition) is 1. The molecule has 1 saturated heterocycles. The van der Waals surface area contributed by atoms with Gasteiger partial charge in [-0.1, -0.05) is 6.92 Å². The molecule has 2 amide bonds. The average Bonchev–Trinajstić information content (AvgIpc) is 3.39. The molecular formula is C31H36N6O6. The van der Waals surface area contributed by atoms with E-state index in [1.165, 1.54) is 11.6 Å². The minimum absolute atomic E-state index is 0.0348. The van der Waals surface area contributed by atoms with E-state index < -0.39 is 6.04 Å². The van der Waals surface area contributed by atoms with E-state index in [9.17, 15) is 19.2 Å². The van der Waals surface area contributed by atoms with Crippen molar-refractivity contribution in [2.75, 3.05) is 13.2 Å². The molecule has 6 rings (SSSR count). The van der Waals surface area contributed by atoms with E-state index in [-0.39, 0.29) is 59.6 Å². The van der Waals surface area contributed by atoms with E-state index in [4.69, 9.17) is 9.47 Å². The highest BCUT2D eigenvalue weighted by Crippen LogP contribution is 2.60. The predicted octanol–water partition coefficient (Wildman–Crippen LogP) is 3.29. The number of ketones is 2. The van der Waals surface area contributed by atoms with E-state index in [2.05, 4.69) is 20.4 Å². The summed E-state index contributed by atoms with van der Waals surface area (Å²) < 4.78 is 13.5. The number of nitrogens with zero attached hydrogens (tertiary/aromatic N) is 5. The standard InChI is InChI=1S/C31H36N6O6/c1-4-24(39)23-11-31-12-25(31)37(23)27(41)16-36-29-20(15-32-26(40)7-5-6-8-42-17-31)9-21(10-22(29)28(35-36)19(3)38)43-30-33-13-18(2)14-34-30/h9-10,13-14,23,25H,4-8,11-12,15-17H2,1-3H3,(H,32,40)/t23-,25+,31-/m0/s1. The quantitative estimate of drug-likeness (QED) is 0.444. The van der Waals surface area contributed by atoms with Crippen molar-refractivity contribution in [3.63, 3.8) is 0 Å². The Hall–Kier alpha value is -4.19. The molecule has 0 radical (unpaired) electrons. The number of nitrogens with one attached hydrogen (secondary N) is 1.